The zero-order valence-corrected chi connectivity index (χ0v) is 13.0. The van der Waals surface area contributed by atoms with Crippen LogP contribution in [-0.2, 0) is 6.42 Å². The first-order chi connectivity index (χ1) is 11.3. The second-order valence-corrected chi connectivity index (χ2v) is 5.70. The molecule has 3 heterocycles. The van der Waals surface area contributed by atoms with E-state index in [9.17, 15) is 5.26 Å². The van der Waals surface area contributed by atoms with Crippen molar-refractivity contribution in [3.05, 3.63) is 54.0 Å². The third-order valence-electron chi connectivity index (χ3n) is 3.08. The maximum absolute atomic E-state index is 9.47. The molecule has 0 fully saturated rings. The van der Waals surface area contributed by atoms with Gasteiger partial charge in [0.1, 0.15) is 22.4 Å². The summed E-state index contributed by atoms with van der Waals surface area (Å²) in [6.07, 6.45) is 4.07. The molecule has 3 aromatic heterocycles. The minimum absolute atomic E-state index is 0.121. The molecular formula is C16H13N5OS. The summed E-state index contributed by atoms with van der Waals surface area (Å²) in [4.78, 5) is 12.6. The lowest BCUT2D eigenvalue weighted by atomic mass is 10.2. The third kappa shape index (κ3) is 3.49. The Morgan fingerprint density at radius 2 is 2.13 bits per heavy atom. The van der Waals surface area contributed by atoms with Gasteiger partial charge < -0.3 is 10.2 Å². The van der Waals surface area contributed by atoms with Crippen LogP contribution in [0.3, 0.4) is 0 Å². The van der Waals surface area contributed by atoms with Gasteiger partial charge >= 0.3 is 0 Å². The van der Waals surface area contributed by atoms with Crippen LogP contribution in [0, 0.1) is 11.3 Å². The Balaban J connectivity index is 1.83. The predicted octanol–water partition coefficient (Wildman–Crippen LogP) is 2.92. The molecule has 3 rings (SSSR count). The Bertz CT molecular complexity index is 828. The molecule has 0 saturated heterocycles. The van der Waals surface area contributed by atoms with E-state index >= 15 is 0 Å². The quantitative estimate of drug-likeness (QED) is 0.569. The van der Waals surface area contributed by atoms with Crippen molar-refractivity contribution >= 4 is 17.7 Å². The average molecular weight is 323 g/mol. The molecule has 0 aliphatic rings. The minimum atomic E-state index is 0.121. The molecule has 114 valence electrons. The van der Waals surface area contributed by atoms with Crippen LogP contribution in [0.15, 0.2) is 52.2 Å². The van der Waals surface area contributed by atoms with E-state index in [1.807, 2.05) is 18.2 Å². The van der Waals surface area contributed by atoms with Crippen LogP contribution in [0.25, 0.3) is 11.5 Å². The van der Waals surface area contributed by atoms with Crippen molar-refractivity contribution in [3.8, 4) is 17.5 Å². The number of rotatable bonds is 5. The first-order valence-electron chi connectivity index (χ1n) is 6.92. The van der Waals surface area contributed by atoms with E-state index in [-0.39, 0.29) is 5.95 Å². The Hall–Kier alpha value is -2.85. The van der Waals surface area contributed by atoms with Gasteiger partial charge in [-0.2, -0.15) is 5.26 Å². The fourth-order valence-corrected chi connectivity index (χ4v) is 3.00. The summed E-state index contributed by atoms with van der Waals surface area (Å²) in [5.41, 5.74) is 7.56. The molecule has 0 spiro atoms. The summed E-state index contributed by atoms with van der Waals surface area (Å²) in [5, 5.41) is 10.0. The molecule has 0 aliphatic heterocycles. The normalized spacial score (nSPS) is 10.4. The lowest BCUT2D eigenvalue weighted by molar-refractivity contribution is 0.579. The molecule has 3 aromatic rings. The smallest absolute Gasteiger partial charge is 0.221 e. The first kappa shape index (κ1) is 15.1. The average Bonchev–Trinajstić information content (AvgIpc) is 3.10. The predicted molar refractivity (Wildman–Crippen MR) is 87.5 cm³/mol. The SMILES string of the molecule is N#Cc1c(SCCc2ccccn2)nc(N)nc1-c1ccco1. The molecular weight excluding hydrogens is 310 g/mol. The largest absolute Gasteiger partial charge is 0.463 e. The van der Waals surface area contributed by atoms with Gasteiger partial charge in [-0.25, -0.2) is 9.97 Å². The number of nitrogens with zero attached hydrogens (tertiary/aromatic N) is 4. The molecule has 0 atom stereocenters. The molecule has 2 N–H and O–H groups in total. The standard InChI is InChI=1S/C16H13N5OS/c17-10-12-14(13-5-3-8-22-13)20-16(18)21-15(12)23-9-6-11-4-1-2-7-19-11/h1-5,7-8H,6,9H2,(H2,18,20,21). The molecule has 0 unspecified atom stereocenters. The van der Waals surface area contributed by atoms with Crippen LogP contribution in [0.4, 0.5) is 5.95 Å². The van der Waals surface area contributed by atoms with Gasteiger partial charge in [0.15, 0.2) is 5.76 Å². The summed E-state index contributed by atoms with van der Waals surface area (Å²) in [6.45, 7) is 0. The highest BCUT2D eigenvalue weighted by Gasteiger charge is 2.17. The lowest BCUT2D eigenvalue weighted by Crippen LogP contribution is -2.03. The Morgan fingerprint density at radius 1 is 1.22 bits per heavy atom. The van der Waals surface area contributed by atoms with E-state index in [1.165, 1.54) is 18.0 Å². The number of nitrogen functional groups attached to an aromatic ring is 1. The monoisotopic (exact) mass is 323 g/mol. The molecule has 0 aromatic carbocycles. The number of anilines is 1. The van der Waals surface area contributed by atoms with Crippen molar-refractivity contribution in [1.29, 1.82) is 5.26 Å². The van der Waals surface area contributed by atoms with Gasteiger partial charge in [-0.3, -0.25) is 4.98 Å². The van der Waals surface area contributed by atoms with E-state index in [0.717, 1.165) is 17.9 Å². The summed E-state index contributed by atoms with van der Waals surface area (Å²) in [6, 6.07) is 11.4. The van der Waals surface area contributed by atoms with Gasteiger partial charge in [0, 0.05) is 17.6 Å². The molecule has 6 nitrogen and oxygen atoms in total. The van der Waals surface area contributed by atoms with E-state index in [4.69, 9.17) is 10.2 Å². The van der Waals surface area contributed by atoms with Gasteiger partial charge in [0.2, 0.25) is 5.95 Å². The summed E-state index contributed by atoms with van der Waals surface area (Å²) in [7, 11) is 0. The molecule has 23 heavy (non-hydrogen) atoms. The number of pyridine rings is 1. The fraction of sp³-hybridized carbons (Fsp3) is 0.125. The molecule has 0 radical (unpaired) electrons. The zero-order valence-electron chi connectivity index (χ0n) is 12.1. The van der Waals surface area contributed by atoms with Gasteiger partial charge in [-0.1, -0.05) is 6.07 Å². The number of furan rings is 1. The molecule has 0 bridgehead atoms. The number of hydrogen-bond donors (Lipinski definition) is 1. The van der Waals surface area contributed by atoms with Gasteiger partial charge in [0.05, 0.1) is 6.26 Å². The highest BCUT2D eigenvalue weighted by molar-refractivity contribution is 7.99. The summed E-state index contributed by atoms with van der Waals surface area (Å²) >= 11 is 1.46. The highest BCUT2D eigenvalue weighted by Crippen LogP contribution is 2.30. The summed E-state index contributed by atoms with van der Waals surface area (Å²) in [5.74, 6) is 1.36. The van der Waals surface area contributed by atoms with Crippen LogP contribution in [-0.4, -0.2) is 20.7 Å². The number of nitriles is 1. The van der Waals surface area contributed by atoms with Gasteiger partial charge in [-0.15, -0.1) is 11.8 Å². The fourth-order valence-electron chi connectivity index (χ4n) is 2.05. The topological polar surface area (TPSA) is 102 Å². The Morgan fingerprint density at radius 3 is 2.83 bits per heavy atom. The van der Waals surface area contributed by atoms with Crippen LogP contribution >= 0.6 is 11.8 Å². The number of thioether (sulfide) groups is 1. The van der Waals surface area contributed by atoms with Crippen LogP contribution in [0.5, 0.6) is 0 Å². The number of aromatic nitrogens is 3. The van der Waals surface area contributed by atoms with E-state index in [0.29, 0.717) is 22.0 Å². The van der Waals surface area contributed by atoms with Crippen LogP contribution in [0.1, 0.15) is 11.3 Å². The van der Waals surface area contributed by atoms with Gasteiger partial charge in [0.25, 0.3) is 0 Å². The Kier molecular flexibility index (Phi) is 4.54. The first-order valence-corrected chi connectivity index (χ1v) is 7.90. The van der Waals surface area contributed by atoms with Crippen molar-refractivity contribution in [2.24, 2.45) is 0 Å². The number of hydrogen-bond acceptors (Lipinski definition) is 7. The van der Waals surface area contributed by atoms with E-state index in [1.54, 1.807) is 18.3 Å². The van der Waals surface area contributed by atoms with Crippen molar-refractivity contribution in [1.82, 2.24) is 15.0 Å². The van der Waals surface area contributed by atoms with Crippen molar-refractivity contribution in [3.63, 3.8) is 0 Å². The van der Waals surface area contributed by atoms with Crippen LogP contribution in [0.2, 0.25) is 0 Å². The number of aryl methyl sites for hydroxylation is 1. The second-order valence-electron chi connectivity index (χ2n) is 4.62. The lowest BCUT2D eigenvalue weighted by Gasteiger charge is -2.07. The summed E-state index contributed by atoms with van der Waals surface area (Å²) < 4.78 is 5.33. The molecule has 0 amide bonds. The maximum atomic E-state index is 9.47. The molecule has 7 heteroatoms. The van der Waals surface area contributed by atoms with Crippen molar-refractivity contribution < 1.29 is 4.42 Å². The van der Waals surface area contributed by atoms with Gasteiger partial charge in [-0.05, 0) is 30.7 Å². The minimum Gasteiger partial charge on any atom is -0.463 e. The molecule has 0 aliphatic carbocycles. The molecule has 0 saturated carbocycles. The van der Waals surface area contributed by atoms with Crippen molar-refractivity contribution in [2.75, 3.05) is 11.5 Å². The number of nitrogens with two attached hydrogens (primary N) is 1. The maximum Gasteiger partial charge on any atom is 0.221 e. The van der Waals surface area contributed by atoms with Crippen LogP contribution < -0.4 is 5.73 Å². The van der Waals surface area contributed by atoms with Crippen molar-refractivity contribution in [2.45, 2.75) is 11.4 Å². The second kappa shape index (κ2) is 6.94. The zero-order chi connectivity index (χ0) is 16.1. The Labute approximate surface area is 137 Å². The van der Waals surface area contributed by atoms with E-state index < -0.39 is 0 Å². The highest BCUT2D eigenvalue weighted by atomic mass is 32.2. The van der Waals surface area contributed by atoms with E-state index in [2.05, 4.69) is 21.0 Å². The third-order valence-corrected chi connectivity index (χ3v) is 4.06.